The molecule has 0 saturated heterocycles. The van der Waals surface area contributed by atoms with Gasteiger partial charge in [0.25, 0.3) is 0 Å². The van der Waals surface area contributed by atoms with Gasteiger partial charge in [0.2, 0.25) is 0 Å². The fourth-order valence-corrected chi connectivity index (χ4v) is 1.26. The predicted octanol–water partition coefficient (Wildman–Crippen LogP) is 0.848. The van der Waals surface area contributed by atoms with Crippen LogP contribution in [0.3, 0.4) is 0 Å². The van der Waals surface area contributed by atoms with Crippen LogP contribution in [-0.2, 0) is 4.79 Å². The quantitative estimate of drug-likeness (QED) is 0.573. The molecule has 3 heteroatoms. The third kappa shape index (κ3) is 9.34. The minimum absolute atomic E-state index is 0.0604. The van der Waals surface area contributed by atoms with Crippen molar-refractivity contribution in [3.8, 4) is 0 Å². The van der Waals surface area contributed by atoms with Crippen LogP contribution in [0.4, 0.5) is 0 Å². The number of carboxylic acids is 1. The lowest BCUT2D eigenvalue weighted by atomic mass is 10.1. The van der Waals surface area contributed by atoms with Gasteiger partial charge in [0.05, 0.1) is 6.10 Å². The normalized spacial score (nSPS) is 12.8. The summed E-state index contributed by atoms with van der Waals surface area (Å²) < 4.78 is 0. The van der Waals surface area contributed by atoms with Crippen LogP contribution in [0, 0.1) is 0 Å². The first-order valence-corrected chi connectivity index (χ1v) is 5.04. The Bertz CT molecular complexity index is 134. The molecule has 0 bridgehead atoms. The van der Waals surface area contributed by atoms with Crippen molar-refractivity contribution in [1.82, 2.24) is 0 Å². The Labute approximate surface area is 79.8 Å². The first-order valence-electron chi connectivity index (χ1n) is 5.04. The zero-order chi connectivity index (χ0) is 10.1. The van der Waals surface area contributed by atoms with Crippen molar-refractivity contribution in [3.63, 3.8) is 0 Å². The highest BCUT2D eigenvalue weighted by Crippen LogP contribution is 2.09. The van der Waals surface area contributed by atoms with Crippen LogP contribution in [0.25, 0.3) is 0 Å². The number of hydrogen-bond acceptors (Lipinski definition) is 3. The van der Waals surface area contributed by atoms with E-state index in [1.54, 1.807) is 0 Å². The van der Waals surface area contributed by atoms with E-state index in [1.807, 2.05) is 0 Å². The number of rotatable bonds is 8. The Hall–Kier alpha value is -0.570. The summed E-state index contributed by atoms with van der Waals surface area (Å²) in [5, 5.41) is 19.4. The van der Waals surface area contributed by atoms with E-state index in [2.05, 4.69) is 6.92 Å². The fraction of sp³-hybridized carbons (Fsp3) is 0.900. The van der Waals surface area contributed by atoms with E-state index < -0.39 is 5.97 Å². The highest BCUT2D eigenvalue weighted by atomic mass is 16.4. The zero-order valence-corrected chi connectivity index (χ0v) is 8.29. The van der Waals surface area contributed by atoms with Gasteiger partial charge in [-0.25, -0.2) is 0 Å². The Morgan fingerprint density at radius 2 is 1.92 bits per heavy atom. The van der Waals surface area contributed by atoms with Crippen LogP contribution >= 0.6 is 0 Å². The van der Waals surface area contributed by atoms with Crippen molar-refractivity contribution >= 4 is 5.97 Å². The zero-order valence-electron chi connectivity index (χ0n) is 8.29. The van der Waals surface area contributed by atoms with Crippen molar-refractivity contribution < 1.29 is 15.0 Å². The summed E-state index contributed by atoms with van der Waals surface area (Å²) in [7, 11) is 0. The molecule has 0 amide bonds. The molecule has 0 fully saturated rings. The second-order valence-corrected chi connectivity index (χ2v) is 3.41. The van der Waals surface area contributed by atoms with Gasteiger partial charge in [-0.15, -0.1) is 0 Å². The molecule has 0 heterocycles. The van der Waals surface area contributed by atoms with E-state index in [0.29, 0.717) is 12.8 Å². The summed E-state index contributed by atoms with van der Waals surface area (Å²) in [5.41, 5.74) is 0. The lowest BCUT2D eigenvalue weighted by Gasteiger charge is -2.09. The van der Waals surface area contributed by atoms with Gasteiger partial charge in [-0.05, 0) is 25.7 Å². The number of hydrogen-bond donors (Lipinski definition) is 1. The van der Waals surface area contributed by atoms with Crippen molar-refractivity contribution in [3.05, 3.63) is 0 Å². The van der Waals surface area contributed by atoms with Crippen molar-refractivity contribution in [2.75, 3.05) is 0 Å². The summed E-state index contributed by atoms with van der Waals surface area (Å²) in [5.74, 6) is -1.03. The summed E-state index contributed by atoms with van der Waals surface area (Å²) in [6.07, 6.45) is 4.94. The first kappa shape index (κ1) is 12.4. The van der Waals surface area contributed by atoms with Crippen LogP contribution < -0.4 is 5.11 Å². The molecule has 78 valence electrons. The van der Waals surface area contributed by atoms with Gasteiger partial charge < -0.3 is 15.0 Å². The molecule has 1 N–H and O–H groups in total. The molecule has 1 unspecified atom stereocenters. The molecule has 0 aliphatic carbocycles. The third-order valence-electron chi connectivity index (χ3n) is 2.06. The Balaban J connectivity index is 3.19. The van der Waals surface area contributed by atoms with E-state index in [0.717, 1.165) is 25.7 Å². The summed E-state index contributed by atoms with van der Waals surface area (Å²) in [6.45, 7) is 2.11. The number of aliphatic hydroxyl groups is 1. The number of aliphatic hydroxyl groups excluding tert-OH is 1. The molecule has 0 radical (unpaired) electrons. The topological polar surface area (TPSA) is 60.4 Å². The van der Waals surface area contributed by atoms with Crippen molar-refractivity contribution in [1.29, 1.82) is 0 Å². The second kappa shape index (κ2) is 8.05. The standard InChI is InChI=1S/C10H20O3/c1-2-3-4-6-9(11)7-5-8-10(12)13/h9,11H,2-8H2,1H3,(H,12,13)/p-1. The summed E-state index contributed by atoms with van der Waals surface area (Å²) in [4.78, 5) is 10.0. The Morgan fingerprint density at radius 3 is 2.46 bits per heavy atom. The average Bonchev–Trinajstić information content (AvgIpc) is 2.04. The monoisotopic (exact) mass is 187 g/mol. The Kier molecular flexibility index (Phi) is 7.69. The van der Waals surface area contributed by atoms with Crippen molar-refractivity contribution in [2.45, 2.75) is 58.0 Å². The third-order valence-corrected chi connectivity index (χ3v) is 2.06. The maximum absolute atomic E-state index is 10.0. The van der Waals surface area contributed by atoms with Gasteiger partial charge in [-0.2, -0.15) is 0 Å². The van der Waals surface area contributed by atoms with E-state index in [9.17, 15) is 15.0 Å². The van der Waals surface area contributed by atoms with Crippen LogP contribution in [-0.4, -0.2) is 17.2 Å². The molecule has 3 nitrogen and oxygen atoms in total. The predicted molar refractivity (Wildman–Crippen MR) is 49.0 cm³/mol. The lowest BCUT2D eigenvalue weighted by Crippen LogP contribution is -2.22. The second-order valence-electron chi connectivity index (χ2n) is 3.41. The molecule has 0 aromatic rings. The molecule has 0 spiro atoms. The van der Waals surface area contributed by atoms with Crippen LogP contribution in [0.2, 0.25) is 0 Å². The minimum Gasteiger partial charge on any atom is -0.550 e. The number of unbranched alkanes of at least 4 members (excludes halogenated alkanes) is 2. The Morgan fingerprint density at radius 1 is 1.31 bits per heavy atom. The van der Waals surface area contributed by atoms with Gasteiger partial charge in [0.1, 0.15) is 0 Å². The smallest absolute Gasteiger partial charge is 0.0540 e. The van der Waals surface area contributed by atoms with Crippen molar-refractivity contribution in [2.24, 2.45) is 0 Å². The summed E-state index contributed by atoms with van der Waals surface area (Å²) in [6, 6.07) is 0. The molecule has 1 atom stereocenters. The molecule has 0 aromatic heterocycles. The minimum atomic E-state index is -1.03. The molecule has 0 rings (SSSR count). The summed E-state index contributed by atoms with van der Waals surface area (Å²) >= 11 is 0. The van der Waals surface area contributed by atoms with Crippen LogP contribution in [0.15, 0.2) is 0 Å². The first-order chi connectivity index (χ1) is 6.16. The highest BCUT2D eigenvalue weighted by Gasteiger charge is 2.02. The maximum atomic E-state index is 10.0. The number of aliphatic carboxylic acids is 1. The largest absolute Gasteiger partial charge is 0.550 e. The highest BCUT2D eigenvalue weighted by molar-refractivity contribution is 5.64. The number of carboxylic acid groups (broad SMARTS) is 1. The van der Waals surface area contributed by atoms with Gasteiger partial charge in [0.15, 0.2) is 0 Å². The molecular weight excluding hydrogens is 168 g/mol. The van der Waals surface area contributed by atoms with Gasteiger partial charge in [0, 0.05) is 5.97 Å². The van der Waals surface area contributed by atoms with Crippen LogP contribution in [0.5, 0.6) is 0 Å². The average molecular weight is 187 g/mol. The van der Waals surface area contributed by atoms with Crippen LogP contribution in [0.1, 0.15) is 51.9 Å². The van der Waals surface area contributed by atoms with E-state index >= 15 is 0 Å². The van der Waals surface area contributed by atoms with E-state index in [4.69, 9.17) is 0 Å². The molecular formula is C10H19O3-. The van der Waals surface area contributed by atoms with E-state index in [1.165, 1.54) is 0 Å². The molecule has 0 aliphatic rings. The molecule has 0 saturated carbocycles. The maximum Gasteiger partial charge on any atom is 0.0540 e. The van der Waals surface area contributed by atoms with Gasteiger partial charge in [-0.1, -0.05) is 26.2 Å². The molecule has 13 heavy (non-hydrogen) atoms. The van der Waals surface area contributed by atoms with Gasteiger partial charge >= 0.3 is 0 Å². The fourth-order valence-electron chi connectivity index (χ4n) is 1.26. The number of carbonyl (C=O) groups excluding carboxylic acids is 1. The molecule has 0 aromatic carbocycles. The SMILES string of the molecule is CCCCCC(O)CCCC(=O)[O-]. The lowest BCUT2D eigenvalue weighted by molar-refractivity contribution is -0.305. The molecule has 0 aliphatic heterocycles. The van der Waals surface area contributed by atoms with Gasteiger partial charge in [-0.3, -0.25) is 0 Å². The number of carbonyl (C=O) groups is 1. The van der Waals surface area contributed by atoms with E-state index in [-0.39, 0.29) is 12.5 Å².